The zero-order valence-corrected chi connectivity index (χ0v) is 10.1. The highest BCUT2D eigenvalue weighted by Gasteiger charge is 2.27. The first-order chi connectivity index (χ1) is 7.97. The maximum atomic E-state index is 13.2. The molecule has 5 heteroatoms. The van der Waals surface area contributed by atoms with Crippen LogP contribution in [-0.4, -0.2) is 16.2 Å². The first kappa shape index (κ1) is 13.9. The highest BCUT2D eigenvalue weighted by molar-refractivity contribution is 6.30. The third kappa shape index (κ3) is 3.41. The van der Waals surface area contributed by atoms with Crippen molar-refractivity contribution in [3.05, 3.63) is 34.6 Å². The van der Waals surface area contributed by atoms with E-state index in [1.165, 1.54) is 12.1 Å². The van der Waals surface area contributed by atoms with E-state index < -0.39 is 23.8 Å². The lowest BCUT2D eigenvalue weighted by atomic mass is 9.92. The van der Waals surface area contributed by atoms with Crippen LogP contribution in [0.25, 0.3) is 0 Å². The fraction of sp³-hybridized carbons (Fsp3) is 0.417. The number of halogens is 2. The van der Waals surface area contributed by atoms with Crippen LogP contribution < -0.4 is 0 Å². The molecule has 0 heterocycles. The minimum Gasteiger partial charge on any atom is -0.481 e. The summed E-state index contributed by atoms with van der Waals surface area (Å²) < 4.78 is 13.2. The summed E-state index contributed by atoms with van der Waals surface area (Å²) in [6, 6.07) is 3.81. The van der Waals surface area contributed by atoms with E-state index in [9.17, 15) is 14.3 Å². The van der Waals surface area contributed by atoms with Crippen molar-refractivity contribution in [2.45, 2.75) is 25.9 Å². The standard InChI is InChI=1S/C12H14ClFO3/c1-2-3-8(12(16)17)11(15)7-4-5-9(13)10(14)6-7/h4-6,8,11,15H,2-3H2,1H3,(H,16,17). The van der Waals surface area contributed by atoms with Crippen molar-refractivity contribution < 1.29 is 19.4 Å². The van der Waals surface area contributed by atoms with Crippen molar-refractivity contribution in [1.82, 2.24) is 0 Å². The van der Waals surface area contributed by atoms with Crippen LogP contribution in [0.3, 0.4) is 0 Å². The van der Waals surface area contributed by atoms with E-state index in [0.29, 0.717) is 12.8 Å². The number of benzene rings is 1. The van der Waals surface area contributed by atoms with E-state index in [-0.39, 0.29) is 10.6 Å². The molecule has 0 amide bonds. The van der Waals surface area contributed by atoms with E-state index in [4.69, 9.17) is 16.7 Å². The normalized spacial score (nSPS) is 14.4. The highest BCUT2D eigenvalue weighted by atomic mass is 35.5. The quantitative estimate of drug-likeness (QED) is 0.856. The van der Waals surface area contributed by atoms with E-state index in [1.807, 2.05) is 6.92 Å². The van der Waals surface area contributed by atoms with E-state index in [1.54, 1.807) is 0 Å². The number of hydrogen-bond donors (Lipinski definition) is 2. The van der Waals surface area contributed by atoms with Gasteiger partial charge in [0.25, 0.3) is 0 Å². The van der Waals surface area contributed by atoms with Gasteiger partial charge < -0.3 is 10.2 Å². The molecule has 1 aromatic rings. The number of aliphatic hydroxyl groups excluding tert-OH is 1. The van der Waals surface area contributed by atoms with Crippen molar-refractivity contribution in [3.8, 4) is 0 Å². The largest absolute Gasteiger partial charge is 0.481 e. The van der Waals surface area contributed by atoms with Gasteiger partial charge in [-0.3, -0.25) is 4.79 Å². The van der Waals surface area contributed by atoms with Gasteiger partial charge in [0, 0.05) is 0 Å². The third-order valence-corrected chi connectivity index (χ3v) is 2.89. The maximum absolute atomic E-state index is 13.2. The fourth-order valence-electron chi connectivity index (χ4n) is 1.66. The lowest BCUT2D eigenvalue weighted by molar-refractivity contribution is -0.146. The summed E-state index contributed by atoms with van der Waals surface area (Å²) in [4.78, 5) is 11.0. The Kier molecular flexibility index (Phi) is 4.90. The Morgan fingerprint density at radius 3 is 2.65 bits per heavy atom. The number of carboxylic acids is 1. The zero-order chi connectivity index (χ0) is 13.0. The summed E-state index contributed by atoms with van der Waals surface area (Å²) in [5.74, 6) is -2.68. The first-order valence-corrected chi connectivity index (χ1v) is 5.71. The Morgan fingerprint density at radius 2 is 2.18 bits per heavy atom. The third-order valence-electron chi connectivity index (χ3n) is 2.58. The average molecular weight is 261 g/mol. The van der Waals surface area contributed by atoms with Crippen LogP contribution in [0.5, 0.6) is 0 Å². The van der Waals surface area contributed by atoms with Gasteiger partial charge in [0.05, 0.1) is 17.0 Å². The molecular weight excluding hydrogens is 247 g/mol. The molecule has 0 saturated carbocycles. The summed E-state index contributed by atoms with van der Waals surface area (Å²) in [5, 5.41) is 18.8. The molecule has 0 aliphatic carbocycles. The molecule has 94 valence electrons. The van der Waals surface area contributed by atoms with Crippen LogP contribution in [0.1, 0.15) is 31.4 Å². The number of aliphatic hydroxyl groups is 1. The van der Waals surface area contributed by atoms with Crippen molar-refractivity contribution in [1.29, 1.82) is 0 Å². The molecular formula is C12H14ClFO3. The van der Waals surface area contributed by atoms with Gasteiger partial charge in [0.1, 0.15) is 5.82 Å². The monoisotopic (exact) mass is 260 g/mol. The number of carboxylic acid groups (broad SMARTS) is 1. The van der Waals surface area contributed by atoms with Crippen molar-refractivity contribution in [2.24, 2.45) is 5.92 Å². The Labute approximate surface area is 104 Å². The Hall–Kier alpha value is -1.13. The van der Waals surface area contributed by atoms with Crippen LogP contribution in [0.4, 0.5) is 4.39 Å². The second kappa shape index (κ2) is 5.98. The molecule has 0 aliphatic heterocycles. The van der Waals surface area contributed by atoms with Gasteiger partial charge in [-0.05, 0) is 24.1 Å². The molecule has 1 rings (SSSR count). The molecule has 2 atom stereocenters. The van der Waals surface area contributed by atoms with E-state index >= 15 is 0 Å². The summed E-state index contributed by atoms with van der Waals surface area (Å²) in [6.07, 6.45) is -0.260. The fourth-order valence-corrected chi connectivity index (χ4v) is 1.77. The smallest absolute Gasteiger partial charge is 0.309 e. The molecule has 2 unspecified atom stereocenters. The van der Waals surface area contributed by atoms with Crippen LogP contribution in [-0.2, 0) is 4.79 Å². The van der Waals surface area contributed by atoms with Crippen molar-refractivity contribution in [3.63, 3.8) is 0 Å². The van der Waals surface area contributed by atoms with Crippen LogP contribution >= 0.6 is 11.6 Å². The summed E-state index contributed by atoms with van der Waals surface area (Å²) >= 11 is 5.52. The zero-order valence-electron chi connectivity index (χ0n) is 9.36. The molecule has 2 N–H and O–H groups in total. The minimum atomic E-state index is -1.22. The Balaban J connectivity index is 2.96. The molecule has 17 heavy (non-hydrogen) atoms. The van der Waals surface area contributed by atoms with Gasteiger partial charge in [0.15, 0.2) is 0 Å². The topological polar surface area (TPSA) is 57.5 Å². The Morgan fingerprint density at radius 1 is 1.53 bits per heavy atom. The lowest BCUT2D eigenvalue weighted by Gasteiger charge is -2.19. The van der Waals surface area contributed by atoms with Gasteiger partial charge >= 0.3 is 5.97 Å². The predicted molar refractivity (Wildman–Crippen MR) is 62.4 cm³/mol. The minimum absolute atomic E-state index is 0.0525. The molecule has 0 saturated heterocycles. The molecule has 0 bridgehead atoms. The predicted octanol–water partition coefficient (Wildman–Crippen LogP) is 3.01. The maximum Gasteiger partial charge on any atom is 0.309 e. The number of hydrogen-bond acceptors (Lipinski definition) is 2. The molecule has 0 spiro atoms. The molecule has 0 aliphatic rings. The van der Waals surface area contributed by atoms with E-state index in [2.05, 4.69) is 0 Å². The van der Waals surface area contributed by atoms with Gasteiger partial charge in [0.2, 0.25) is 0 Å². The number of carbonyl (C=O) groups is 1. The highest BCUT2D eigenvalue weighted by Crippen LogP contribution is 2.28. The second-order valence-electron chi connectivity index (χ2n) is 3.85. The van der Waals surface area contributed by atoms with Crippen LogP contribution in [0.2, 0.25) is 5.02 Å². The van der Waals surface area contributed by atoms with Gasteiger partial charge in [-0.25, -0.2) is 4.39 Å². The SMILES string of the molecule is CCCC(C(=O)O)C(O)c1ccc(Cl)c(F)c1. The Bertz CT molecular complexity index is 409. The van der Waals surface area contributed by atoms with E-state index in [0.717, 1.165) is 6.07 Å². The van der Waals surface area contributed by atoms with Crippen molar-refractivity contribution in [2.75, 3.05) is 0 Å². The number of aliphatic carboxylic acids is 1. The lowest BCUT2D eigenvalue weighted by Crippen LogP contribution is -2.22. The number of rotatable bonds is 5. The first-order valence-electron chi connectivity index (χ1n) is 5.33. The summed E-state index contributed by atoms with van der Waals surface area (Å²) in [6.45, 7) is 1.82. The molecule has 3 nitrogen and oxygen atoms in total. The van der Waals surface area contributed by atoms with Gasteiger partial charge in [-0.15, -0.1) is 0 Å². The summed E-state index contributed by atoms with van der Waals surface area (Å²) in [5.41, 5.74) is 0.229. The summed E-state index contributed by atoms with van der Waals surface area (Å²) in [7, 11) is 0. The molecule has 0 fully saturated rings. The van der Waals surface area contributed by atoms with Gasteiger partial charge in [-0.1, -0.05) is 31.0 Å². The van der Waals surface area contributed by atoms with Crippen molar-refractivity contribution >= 4 is 17.6 Å². The molecule has 0 radical (unpaired) electrons. The van der Waals surface area contributed by atoms with Gasteiger partial charge in [-0.2, -0.15) is 0 Å². The molecule has 1 aromatic carbocycles. The van der Waals surface area contributed by atoms with Crippen LogP contribution in [0, 0.1) is 11.7 Å². The average Bonchev–Trinajstić information content (AvgIpc) is 2.28. The molecule has 0 aromatic heterocycles. The second-order valence-corrected chi connectivity index (χ2v) is 4.26. The van der Waals surface area contributed by atoms with Crippen LogP contribution in [0.15, 0.2) is 18.2 Å².